The van der Waals surface area contributed by atoms with Crippen molar-refractivity contribution in [3.8, 4) is 0 Å². The molecule has 1 unspecified atom stereocenters. The highest BCUT2D eigenvalue weighted by atomic mass is 32.1. The third kappa shape index (κ3) is 2.79. The Labute approximate surface area is 45.1 Å². The first kappa shape index (κ1) is 7.14. The van der Waals surface area contributed by atoms with Crippen molar-refractivity contribution in [2.24, 2.45) is 0 Å². The summed E-state index contributed by atoms with van der Waals surface area (Å²) in [4.78, 5) is 0. The predicted molar refractivity (Wildman–Crippen MR) is 24.2 cm³/mol. The van der Waals surface area contributed by atoms with E-state index < -0.39 is 11.4 Å². The second-order valence-electron chi connectivity index (χ2n) is 1.06. The van der Waals surface area contributed by atoms with E-state index in [4.69, 9.17) is 0 Å². The zero-order chi connectivity index (χ0) is 6.08. The summed E-state index contributed by atoms with van der Waals surface area (Å²) >= 11 is 3.04. The summed E-state index contributed by atoms with van der Waals surface area (Å²) < 4.78 is 33.1. The molecule has 0 bridgehead atoms. The molecular formula is C3H4F3S. The van der Waals surface area contributed by atoms with Crippen molar-refractivity contribution in [1.29, 1.82) is 0 Å². The molecule has 43 valence electrons. The minimum absolute atomic E-state index is 1.76. The number of halogens is 3. The summed E-state index contributed by atoms with van der Waals surface area (Å²) in [6, 6.07) is 0. The topological polar surface area (TPSA) is 0 Å². The second-order valence-corrected chi connectivity index (χ2v) is 1.68. The average Bonchev–Trinajstić information content (AvgIpc) is 1.31. The highest BCUT2D eigenvalue weighted by Crippen LogP contribution is 2.22. The van der Waals surface area contributed by atoms with Crippen LogP contribution >= 0.6 is 12.6 Å². The van der Waals surface area contributed by atoms with Gasteiger partial charge in [-0.3, -0.25) is 0 Å². The number of alkyl halides is 3. The van der Waals surface area contributed by atoms with Crippen molar-refractivity contribution in [2.75, 3.05) is 0 Å². The molecule has 0 aliphatic rings. The molecule has 7 heavy (non-hydrogen) atoms. The Morgan fingerprint density at radius 3 is 1.57 bits per heavy atom. The maximum Gasteiger partial charge on any atom is 0.400 e. The minimum Gasteiger partial charge on any atom is -0.170 e. The predicted octanol–water partition coefficient (Wildman–Crippen LogP) is 1.68. The lowest BCUT2D eigenvalue weighted by Gasteiger charge is -2.06. The Morgan fingerprint density at radius 1 is 1.43 bits per heavy atom. The molecule has 0 saturated heterocycles. The van der Waals surface area contributed by atoms with Crippen molar-refractivity contribution in [1.82, 2.24) is 0 Å². The molecule has 0 aromatic carbocycles. The molecule has 0 saturated carbocycles. The number of thiol groups is 1. The minimum atomic E-state index is -4.25. The van der Waals surface area contributed by atoms with Crippen molar-refractivity contribution >= 4 is 12.6 Å². The maximum atomic E-state index is 11.0. The van der Waals surface area contributed by atoms with Gasteiger partial charge in [-0.1, -0.05) is 0 Å². The van der Waals surface area contributed by atoms with E-state index in [9.17, 15) is 13.2 Å². The smallest absolute Gasteiger partial charge is 0.170 e. The van der Waals surface area contributed by atoms with Crippen LogP contribution < -0.4 is 0 Å². The Balaban J connectivity index is 3.54. The van der Waals surface area contributed by atoms with E-state index in [2.05, 4.69) is 19.6 Å². The van der Waals surface area contributed by atoms with E-state index in [1.165, 1.54) is 0 Å². The fraction of sp³-hybridized carbons (Fsp3) is 0.667. The SMILES string of the molecule is [CH2]C(S)C(F)(F)F. The maximum absolute atomic E-state index is 11.0. The summed E-state index contributed by atoms with van der Waals surface area (Å²) in [7, 11) is 0. The van der Waals surface area contributed by atoms with Gasteiger partial charge in [0.15, 0.2) is 0 Å². The first-order chi connectivity index (χ1) is 2.94. The summed E-state index contributed by atoms with van der Waals surface area (Å²) in [6.07, 6.45) is -4.25. The average molecular weight is 129 g/mol. The molecule has 0 heterocycles. The zero-order valence-corrected chi connectivity index (χ0v) is 4.26. The van der Waals surface area contributed by atoms with Crippen LogP contribution in [0.1, 0.15) is 0 Å². The fourth-order valence-corrected chi connectivity index (χ4v) is 0. The number of hydrogen-bond acceptors (Lipinski definition) is 1. The molecule has 0 aliphatic heterocycles. The summed E-state index contributed by atoms with van der Waals surface area (Å²) in [5.74, 6) is 0. The summed E-state index contributed by atoms with van der Waals surface area (Å²) in [5, 5.41) is -1.76. The first-order valence-corrected chi connectivity index (χ1v) is 2.04. The Hall–Kier alpha value is 0.140. The largest absolute Gasteiger partial charge is 0.400 e. The first-order valence-electron chi connectivity index (χ1n) is 1.52. The molecule has 1 atom stereocenters. The van der Waals surface area contributed by atoms with Gasteiger partial charge < -0.3 is 0 Å². The zero-order valence-electron chi connectivity index (χ0n) is 3.37. The molecule has 0 N–H and O–H groups in total. The second kappa shape index (κ2) is 1.94. The van der Waals surface area contributed by atoms with Crippen molar-refractivity contribution in [3.05, 3.63) is 6.92 Å². The van der Waals surface area contributed by atoms with Gasteiger partial charge in [-0.05, 0) is 6.92 Å². The van der Waals surface area contributed by atoms with Crippen LogP contribution in [0.5, 0.6) is 0 Å². The highest BCUT2D eigenvalue weighted by molar-refractivity contribution is 7.81. The van der Waals surface area contributed by atoms with Crippen LogP contribution in [0.15, 0.2) is 0 Å². The lowest BCUT2D eigenvalue weighted by Crippen LogP contribution is -2.19. The van der Waals surface area contributed by atoms with Crippen LogP contribution in [0, 0.1) is 6.92 Å². The van der Waals surface area contributed by atoms with Gasteiger partial charge in [0.05, 0.1) is 5.25 Å². The van der Waals surface area contributed by atoms with Gasteiger partial charge in [0.25, 0.3) is 0 Å². The van der Waals surface area contributed by atoms with Crippen LogP contribution in [-0.2, 0) is 0 Å². The number of hydrogen-bond donors (Lipinski definition) is 1. The van der Waals surface area contributed by atoms with Gasteiger partial charge in [0.2, 0.25) is 0 Å². The van der Waals surface area contributed by atoms with Crippen LogP contribution in [-0.4, -0.2) is 11.4 Å². The summed E-state index contributed by atoms with van der Waals surface area (Å²) in [6.45, 7) is 2.65. The molecule has 0 rings (SSSR count). The van der Waals surface area contributed by atoms with E-state index >= 15 is 0 Å². The third-order valence-electron chi connectivity index (χ3n) is 0.378. The van der Waals surface area contributed by atoms with Gasteiger partial charge in [-0.15, -0.1) is 0 Å². The molecular weight excluding hydrogens is 125 g/mol. The van der Waals surface area contributed by atoms with Crippen LogP contribution in [0.3, 0.4) is 0 Å². The molecule has 0 spiro atoms. The van der Waals surface area contributed by atoms with E-state index in [1.807, 2.05) is 0 Å². The van der Waals surface area contributed by atoms with E-state index in [0.717, 1.165) is 0 Å². The van der Waals surface area contributed by atoms with E-state index in [1.54, 1.807) is 0 Å². The monoisotopic (exact) mass is 129 g/mol. The molecule has 0 aliphatic carbocycles. The van der Waals surface area contributed by atoms with Crippen LogP contribution in [0.25, 0.3) is 0 Å². The van der Waals surface area contributed by atoms with Crippen LogP contribution in [0.2, 0.25) is 0 Å². The normalized spacial score (nSPS) is 16.7. The molecule has 0 aromatic heterocycles. The lowest BCUT2D eigenvalue weighted by molar-refractivity contribution is -0.120. The molecule has 4 heteroatoms. The Kier molecular flexibility index (Phi) is 1.98. The van der Waals surface area contributed by atoms with Crippen molar-refractivity contribution in [2.45, 2.75) is 11.4 Å². The van der Waals surface area contributed by atoms with Crippen molar-refractivity contribution in [3.63, 3.8) is 0 Å². The van der Waals surface area contributed by atoms with Gasteiger partial charge in [0, 0.05) is 0 Å². The van der Waals surface area contributed by atoms with Crippen LogP contribution in [0.4, 0.5) is 13.2 Å². The Morgan fingerprint density at radius 2 is 1.57 bits per heavy atom. The fourth-order valence-electron chi connectivity index (χ4n) is 0. The standard InChI is InChI=1S/C3H4F3S/c1-2(7)3(4,5)6/h2,7H,1H2. The molecule has 0 amide bonds. The van der Waals surface area contributed by atoms with Gasteiger partial charge in [0.1, 0.15) is 0 Å². The molecule has 0 nitrogen and oxygen atoms in total. The third-order valence-corrected chi connectivity index (χ3v) is 0.671. The highest BCUT2D eigenvalue weighted by Gasteiger charge is 2.32. The van der Waals surface area contributed by atoms with Crippen molar-refractivity contribution < 1.29 is 13.2 Å². The van der Waals surface area contributed by atoms with E-state index in [0.29, 0.717) is 0 Å². The quantitative estimate of drug-likeness (QED) is 0.472. The molecule has 0 aromatic rings. The lowest BCUT2D eigenvalue weighted by atomic mass is 10.5. The van der Waals surface area contributed by atoms with Gasteiger partial charge in [-0.25, -0.2) is 0 Å². The number of rotatable bonds is 0. The van der Waals surface area contributed by atoms with Gasteiger partial charge >= 0.3 is 6.18 Å². The van der Waals surface area contributed by atoms with Gasteiger partial charge in [-0.2, -0.15) is 25.8 Å². The van der Waals surface area contributed by atoms with E-state index in [-0.39, 0.29) is 0 Å². The molecule has 0 fully saturated rings. The molecule has 1 radical (unpaired) electrons. The Bertz CT molecular complexity index is 55.7. The summed E-state index contributed by atoms with van der Waals surface area (Å²) in [5.41, 5.74) is 0.